The summed E-state index contributed by atoms with van der Waals surface area (Å²) in [5, 5.41) is 0. The van der Waals surface area contributed by atoms with Gasteiger partial charge in [-0.3, -0.25) is 4.79 Å². The highest BCUT2D eigenvalue weighted by molar-refractivity contribution is 7.89. The molecule has 6 nitrogen and oxygen atoms in total. The molecule has 0 saturated heterocycles. The second-order valence-electron chi connectivity index (χ2n) is 7.64. The molecule has 2 aromatic rings. The third-order valence-corrected chi connectivity index (χ3v) is 6.92. The van der Waals surface area contributed by atoms with Crippen LogP contribution in [0, 0.1) is 0 Å². The van der Waals surface area contributed by atoms with E-state index >= 15 is 0 Å². The van der Waals surface area contributed by atoms with Crippen LogP contribution in [0.15, 0.2) is 47.4 Å². The van der Waals surface area contributed by atoms with Gasteiger partial charge in [0.2, 0.25) is 15.9 Å². The van der Waals surface area contributed by atoms with E-state index in [0.717, 1.165) is 23.2 Å². The number of nitrogens with zero attached hydrogens (tertiary/aromatic N) is 2. The highest BCUT2D eigenvalue weighted by Gasteiger charge is 2.25. The second-order valence-corrected chi connectivity index (χ2v) is 9.40. The molecule has 156 valence electrons. The third-order valence-electron chi connectivity index (χ3n) is 5.50. The molecule has 7 heteroatoms. The van der Waals surface area contributed by atoms with Crippen LogP contribution in [0.1, 0.15) is 36.6 Å². The first kappa shape index (κ1) is 21.5. The van der Waals surface area contributed by atoms with Gasteiger partial charge in [-0.15, -0.1) is 0 Å². The molecule has 0 radical (unpaired) electrons. The summed E-state index contributed by atoms with van der Waals surface area (Å²) < 4.78 is 28.6. The molecular formula is C22H29N3O3S. The highest BCUT2D eigenvalue weighted by atomic mass is 32.2. The van der Waals surface area contributed by atoms with E-state index in [1.807, 2.05) is 19.0 Å². The van der Waals surface area contributed by atoms with Crippen LogP contribution in [0.5, 0.6) is 0 Å². The monoisotopic (exact) mass is 415 g/mol. The normalized spacial score (nSPS) is 14.9. The van der Waals surface area contributed by atoms with Crippen molar-refractivity contribution in [3.63, 3.8) is 0 Å². The van der Waals surface area contributed by atoms with E-state index in [1.54, 1.807) is 23.1 Å². The Hall–Kier alpha value is -2.22. The largest absolute Gasteiger partial charge is 0.312 e. The lowest BCUT2D eigenvalue weighted by Crippen LogP contribution is -2.34. The minimum atomic E-state index is -3.65. The van der Waals surface area contributed by atoms with E-state index in [9.17, 15) is 13.2 Å². The molecular weight excluding hydrogens is 386 g/mol. The number of sulfonamides is 1. The maximum absolute atomic E-state index is 12.9. The first-order valence-corrected chi connectivity index (χ1v) is 11.4. The quantitative estimate of drug-likeness (QED) is 0.755. The molecule has 1 N–H and O–H groups in total. The number of rotatable bonds is 7. The highest BCUT2D eigenvalue weighted by Crippen LogP contribution is 2.30. The number of fused-ring (bicyclic) bond motifs is 1. The van der Waals surface area contributed by atoms with Gasteiger partial charge < -0.3 is 9.80 Å². The van der Waals surface area contributed by atoms with Crippen LogP contribution >= 0.6 is 0 Å². The van der Waals surface area contributed by atoms with E-state index in [2.05, 4.69) is 35.9 Å². The van der Waals surface area contributed by atoms with Crippen LogP contribution in [0.2, 0.25) is 0 Å². The zero-order valence-electron chi connectivity index (χ0n) is 17.5. The molecule has 0 spiro atoms. The zero-order chi connectivity index (χ0) is 21.2. The van der Waals surface area contributed by atoms with E-state index in [-0.39, 0.29) is 23.4 Å². The summed E-state index contributed by atoms with van der Waals surface area (Å²) >= 11 is 0. The summed E-state index contributed by atoms with van der Waals surface area (Å²) in [5.41, 5.74) is 4.02. The molecule has 0 aromatic heterocycles. The fraction of sp³-hybridized carbons (Fsp3) is 0.409. The van der Waals surface area contributed by atoms with Gasteiger partial charge in [-0.25, -0.2) is 13.1 Å². The van der Waals surface area contributed by atoms with E-state index in [0.29, 0.717) is 13.0 Å². The van der Waals surface area contributed by atoms with Crippen molar-refractivity contribution in [2.24, 2.45) is 0 Å². The average Bonchev–Trinajstić information content (AvgIpc) is 3.12. The van der Waals surface area contributed by atoms with Gasteiger partial charge in [0.1, 0.15) is 0 Å². The topological polar surface area (TPSA) is 69.7 Å². The van der Waals surface area contributed by atoms with Crippen LogP contribution in [0.4, 0.5) is 5.69 Å². The molecule has 2 aromatic carbocycles. The molecule has 1 atom stereocenters. The standard InChI is InChI=1S/C22H29N3O3S/c1-5-17-6-8-18(9-7-17)22(24(3)4)15-23-29(27,28)20-10-11-21-19(14-20)12-13-25(21)16(2)26/h6-11,14,22-23H,5,12-13,15H2,1-4H3. The number of likely N-dealkylation sites (N-methyl/N-ethyl adjacent to an activating group) is 1. The van der Waals surface area contributed by atoms with Crippen LogP contribution in [-0.2, 0) is 27.7 Å². The van der Waals surface area contributed by atoms with Crippen molar-refractivity contribution < 1.29 is 13.2 Å². The number of carbonyl (C=O) groups is 1. The molecule has 1 aliphatic heterocycles. The molecule has 1 aliphatic rings. The smallest absolute Gasteiger partial charge is 0.240 e. The Kier molecular flexibility index (Phi) is 6.41. The van der Waals surface area contributed by atoms with Gasteiger partial charge in [0.05, 0.1) is 4.90 Å². The van der Waals surface area contributed by atoms with E-state index < -0.39 is 10.0 Å². The van der Waals surface area contributed by atoms with Crippen molar-refractivity contribution in [1.29, 1.82) is 0 Å². The number of carbonyl (C=O) groups excluding carboxylic acids is 1. The number of hydrogen-bond acceptors (Lipinski definition) is 4. The summed E-state index contributed by atoms with van der Waals surface area (Å²) in [6.45, 7) is 4.50. The van der Waals surface area contributed by atoms with Crippen molar-refractivity contribution in [1.82, 2.24) is 9.62 Å². The fourth-order valence-corrected chi connectivity index (χ4v) is 4.81. The van der Waals surface area contributed by atoms with Gasteiger partial charge in [0.25, 0.3) is 0 Å². The van der Waals surface area contributed by atoms with Gasteiger partial charge in [0.15, 0.2) is 0 Å². The maximum Gasteiger partial charge on any atom is 0.240 e. The Morgan fingerprint density at radius 2 is 1.86 bits per heavy atom. The molecule has 3 rings (SSSR count). The van der Waals surface area contributed by atoms with Gasteiger partial charge in [-0.05, 0) is 61.8 Å². The Bertz CT molecular complexity index is 985. The number of hydrogen-bond donors (Lipinski definition) is 1. The minimum absolute atomic E-state index is 0.0274. The lowest BCUT2D eigenvalue weighted by Gasteiger charge is -2.25. The van der Waals surface area contributed by atoms with Crippen LogP contribution in [0.3, 0.4) is 0 Å². The van der Waals surface area contributed by atoms with Crippen LogP contribution in [0.25, 0.3) is 0 Å². The van der Waals surface area contributed by atoms with Crippen molar-refractivity contribution in [2.75, 3.05) is 32.1 Å². The number of benzene rings is 2. The van der Waals surface area contributed by atoms with Gasteiger partial charge in [-0.2, -0.15) is 0 Å². The summed E-state index contributed by atoms with van der Waals surface area (Å²) in [4.78, 5) is 15.6. The number of amides is 1. The number of aryl methyl sites for hydroxylation is 1. The van der Waals surface area contributed by atoms with Gasteiger partial charge in [-0.1, -0.05) is 31.2 Å². The molecule has 0 saturated carbocycles. The first-order valence-electron chi connectivity index (χ1n) is 9.89. The Labute approximate surface area is 173 Å². The molecule has 0 bridgehead atoms. The molecule has 29 heavy (non-hydrogen) atoms. The van der Waals surface area contributed by atoms with Crippen LogP contribution < -0.4 is 9.62 Å². The molecule has 1 heterocycles. The van der Waals surface area contributed by atoms with Gasteiger partial charge in [0, 0.05) is 31.7 Å². The van der Waals surface area contributed by atoms with Crippen LogP contribution in [-0.4, -0.2) is 46.4 Å². The Balaban J connectivity index is 1.77. The van der Waals surface area contributed by atoms with Crippen molar-refractivity contribution in [2.45, 2.75) is 37.6 Å². The molecule has 1 unspecified atom stereocenters. The SMILES string of the molecule is CCc1ccc(C(CNS(=O)(=O)c2ccc3c(c2)CCN3C(C)=O)N(C)C)cc1. The average molecular weight is 416 g/mol. The lowest BCUT2D eigenvalue weighted by molar-refractivity contribution is -0.116. The maximum atomic E-state index is 12.9. The van der Waals surface area contributed by atoms with Crippen molar-refractivity contribution in [3.05, 3.63) is 59.2 Å². The Morgan fingerprint density at radius 1 is 1.17 bits per heavy atom. The molecule has 0 fully saturated rings. The minimum Gasteiger partial charge on any atom is -0.312 e. The van der Waals surface area contributed by atoms with Crippen molar-refractivity contribution in [3.8, 4) is 0 Å². The molecule has 0 aliphatic carbocycles. The van der Waals surface area contributed by atoms with Gasteiger partial charge >= 0.3 is 0 Å². The summed E-state index contributed by atoms with van der Waals surface area (Å²) in [6.07, 6.45) is 1.64. The first-order chi connectivity index (χ1) is 13.7. The zero-order valence-corrected chi connectivity index (χ0v) is 18.3. The predicted molar refractivity (Wildman–Crippen MR) is 116 cm³/mol. The summed E-state index contributed by atoms with van der Waals surface area (Å²) in [5.74, 6) is -0.0274. The second kappa shape index (κ2) is 8.65. The number of nitrogens with one attached hydrogen (secondary N) is 1. The van der Waals surface area contributed by atoms with Crippen molar-refractivity contribution >= 4 is 21.6 Å². The van der Waals surface area contributed by atoms with E-state index in [1.165, 1.54) is 12.5 Å². The third kappa shape index (κ3) is 4.69. The number of anilines is 1. The predicted octanol–water partition coefficient (Wildman–Crippen LogP) is 2.74. The lowest BCUT2D eigenvalue weighted by atomic mass is 10.0. The summed E-state index contributed by atoms with van der Waals surface area (Å²) in [6, 6.07) is 13.2. The molecule has 1 amide bonds. The fourth-order valence-electron chi connectivity index (χ4n) is 3.72. The van der Waals surface area contributed by atoms with E-state index in [4.69, 9.17) is 0 Å². The summed E-state index contributed by atoms with van der Waals surface area (Å²) in [7, 11) is 0.237. The Morgan fingerprint density at radius 3 is 2.45 bits per heavy atom.